The largest absolute Gasteiger partial charge is 0.375 e. The summed E-state index contributed by atoms with van der Waals surface area (Å²) in [4.78, 5) is 2.71. The lowest BCUT2D eigenvalue weighted by Crippen LogP contribution is -2.45. The van der Waals surface area contributed by atoms with Gasteiger partial charge in [0.15, 0.2) is 14.9 Å². The first-order valence-corrected chi connectivity index (χ1v) is 14.1. The highest BCUT2D eigenvalue weighted by atomic mass is 32.2. The summed E-state index contributed by atoms with van der Waals surface area (Å²) in [5.41, 5.74) is 0.00000502. The molecule has 0 radical (unpaired) electrons. The van der Waals surface area contributed by atoms with Crippen molar-refractivity contribution in [2.24, 2.45) is 11.8 Å². The zero-order chi connectivity index (χ0) is 22.3. The highest BCUT2D eigenvalue weighted by Crippen LogP contribution is 2.41. The molecule has 2 aliphatic heterocycles. The fraction of sp³-hybridized carbons (Fsp3) is 0.833. The fourth-order valence-corrected chi connectivity index (χ4v) is 8.28. The Balaban J connectivity index is 1.14. The molecule has 32 heavy (non-hydrogen) atoms. The number of hydrogen-bond acceptors (Lipinski definition) is 7. The molecule has 1 aromatic rings. The minimum Gasteiger partial charge on any atom is -0.375 e. The van der Waals surface area contributed by atoms with E-state index in [2.05, 4.69) is 34.3 Å². The van der Waals surface area contributed by atoms with Crippen molar-refractivity contribution >= 4 is 15.7 Å². The molecule has 8 heteroatoms. The highest BCUT2D eigenvalue weighted by Gasteiger charge is 2.44. The van der Waals surface area contributed by atoms with Crippen LogP contribution in [-0.4, -0.2) is 66.1 Å². The first-order valence-electron chi connectivity index (χ1n) is 12.5. The molecule has 2 saturated carbocycles. The molecule has 3 heterocycles. The summed E-state index contributed by atoms with van der Waals surface area (Å²) in [6.45, 7) is 7.67. The molecule has 0 aromatic carbocycles. The van der Waals surface area contributed by atoms with Gasteiger partial charge in [-0.25, -0.2) is 8.42 Å². The van der Waals surface area contributed by atoms with Crippen LogP contribution in [0.25, 0.3) is 0 Å². The van der Waals surface area contributed by atoms with Gasteiger partial charge in [0.25, 0.3) is 0 Å². The van der Waals surface area contributed by atoms with E-state index in [0.717, 1.165) is 76.2 Å². The van der Waals surface area contributed by atoms with E-state index in [9.17, 15) is 8.42 Å². The van der Waals surface area contributed by atoms with E-state index in [-0.39, 0.29) is 15.9 Å². The summed E-state index contributed by atoms with van der Waals surface area (Å²) in [7, 11) is -3.36. The van der Waals surface area contributed by atoms with Crippen LogP contribution < -0.4 is 5.32 Å². The summed E-state index contributed by atoms with van der Waals surface area (Å²) in [5, 5.41) is 11.7. The van der Waals surface area contributed by atoms with Gasteiger partial charge in [-0.15, -0.1) is 10.2 Å². The van der Waals surface area contributed by atoms with Crippen LogP contribution >= 0.6 is 0 Å². The molecule has 0 unspecified atom stereocenters. The number of aromatic nitrogens is 2. The molecule has 178 valence electrons. The van der Waals surface area contributed by atoms with Gasteiger partial charge in [0.05, 0.1) is 10.9 Å². The van der Waals surface area contributed by atoms with Crippen LogP contribution in [0.5, 0.6) is 0 Å². The van der Waals surface area contributed by atoms with Crippen molar-refractivity contribution in [1.29, 1.82) is 0 Å². The molecular weight excluding hydrogens is 424 g/mol. The average molecular weight is 463 g/mol. The number of hydrogen-bond donors (Lipinski definition) is 1. The Kier molecular flexibility index (Phi) is 6.22. The van der Waals surface area contributed by atoms with Crippen LogP contribution in [0, 0.1) is 11.8 Å². The predicted octanol–water partition coefficient (Wildman–Crippen LogP) is 3.66. The van der Waals surface area contributed by atoms with Gasteiger partial charge in [0, 0.05) is 31.8 Å². The van der Waals surface area contributed by atoms with Gasteiger partial charge in [-0.1, -0.05) is 19.3 Å². The highest BCUT2D eigenvalue weighted by molar-refractivity contribution is 7.92. The monoisotopic (exact) mass is 462 g/mol. The van der Waals surface area contributed by atoms with Crippen molar-refractivity contribution in [2.75, 3.05) is 25.0 Å². The number of ether oxygens (including phenoxy) is 1. The number of sulfone groups is 1. The first kappa shape index (κ1) is 22.5. The van der Waals surface area contributed by atoms with Crippen LogP contribution in [0.3, 0.4) is 0 Å². The minimum absolute atomic E-state index is 0.00000502. The second kappa shape index (κ2) is 8.84. The van der Waals surface area contributed by atoms with Gasteiger partial charge in [-0.2, -0.15) is 0 Å². The Hall–Kier alpha value is -1.25. The SMILES string of the molecule is CC1(C)C[C@@H](N2C[C@H]3CC(Nc4ccc(S(=O)(=O)C5CCCCC5)nn4)C[C@@H]3C2)CCO1. The van der Waals surface area contributed by atoms with Gasteiger partial charge in [0.1, 0.15) is 5.82 Å². The van der Waals surface area contributed by atoms with Gasteiger partial charge in [-0.3, -0.25) is 4.90 Å². The molecular formula is C24H38N4O3S. The lowest BCUT2D eigenvalue weighted by Gasteiger charge is -2.40. The molecule has 0 bridgehead atoms. The summed E-state index contributed by atoms with van der Waals surface area (Å²) < 4.78 is 31.6. The van der Waals surface area contributed by atoms with Crippen LogP contribution in [0.2, 0.25) is 0 Å². The third kappa shape index (κ3) is 4.68. The van der Waals surface area contributed by atoms with Gasteiger partial charge < -0.3 is 10.1 Å². The molecule has 5 rings (SSSR count). The van der Waals surface area contributed by atoms with E-state index >= 15 is 0 Å². The lowest BCUT2D eigenvalue weighted by atomic mass is 9.93. The molecule has 2 aliphatic carbocycles. The molecule has 0 amide bonds. The van der Waals surface area contributed by atoms with Crippen molar-refractivity contribution in [1.82, 2.24) is 15.1 Å². The van der Waals surface area contributed by atoms with E-state index in [1.54, 1.807) is 12.1 Å². The Morgan fingerprint density at radius 2 is 1.75 bits per heavy atom. The maximum atomic E-state index is 12.8. The van der Waals surface area contributed by atoms with Crippen molar-refractivity contribution in [3.8, 4) is 0 Å². The number of rotatable bonds is 5. The predicted molar refractivity (Wildman–Crippen MR) is 124 cm³/mol. The normalized spacial score (nSPS) is 32.1. The number of anilines is 1. The zero-order valence-corrected chi connectivity index (χ0v) is 20.3. The number of nitrogens with one attached hydrogen (secondary N) is 1. The van der Waals surface area contributed by atoms with Crippen LogP contribution in [0.4, 0.5) is 5.82 Å². The Labute approximate surface area is 192 Å². The van der Waals surface area contributed by atoms with E-state index in [0.29, 0.717) is 17.9 Å². The number of likely N-dealkylation sites (tertiary alicyclic amines) is 1. The molecule has 3 atom stereocenters. The average Bonchev–Trinajstić information content (AvgIpc) is 3.33. The third-order valence-electron chi connectivity index (χ3n) is 8.24. The maximum Gasteiger partial charge on any atom is 0.200 e. The zero-order valence-electron chi connectivity index (χ0n) is 19.5. The molecule has 2 saturated heterocycles. The Morgan fingerprint density at radius 3 is 2.38 bits per heavy atom. The van der Waals surface area contributed by atoms with Crippen LogP contribution in [-0.2, 0) is 14.6 Å². The molecule has 0 spiro atoms. The molecule has 4 aliphatic rings. The standard InChI is InChI=1S/C24H38N4O3S/c1-24(2)14-20(10-11-31-24)28-15-17-12-19(13-18(17)16-28)25-22-8-9-23(27-26-22)32(29,30)21-6-4-3-5-7-21/h8-9,17-21H,3-7,10-16H2,1-2H3,(H,25,26)/t17-,18-,20+/m1/s1. The molecule has 4 fully saturated rings. The molecule has 7 nitrogen and oxygen atoms in total. The van der Waals surface area contributed by atoms with Crippen molar-refractivity contribution in [3.63, 3.8) is 0 Å². The molecule has 1 aromatic heterocycles. The van der Waals surface area contributed by atoms with Crippen LogP contribution in [0.1, 0.15) is 71.6 Å². The topological polar surface area (TPSA) is 84.4 Å². The summed E-state index contributed by atoms with van der Waals surface area (Å²) in [6.07, 6.45) is 9.18. The summed E-state index contributed by atoms with van der Waals surface area (Å²) in [6, 6.07) is 4.49. The maximum absolute atomic E-state index is 12.8. The van der Waals surface area contributed by atoms with E-state index in [1.807, 2.05) is 0 Å². The Morgan fingerprint density at radius 1 is 1.03 bits per heavy atom. The van der Waals surface area contributed by atoms with Crippen molar-refractivity contribution in [3.05, 3.63) is 12.1 Å². The van der Waals surface area contributed by atoms with E-state index in [1.165, 1.54) is 13.1 Å². The number of nitrogens with zero attached hydrogens (tertiary/aromatic N) is 3. The summed E-state index contributed by atoms with van der Waals surface area (Å²) in [5.74, 6) is 2.16. The third-order valence-corrected chi connectivity index (χ3v) is 10.4. The lowest BCUT2D eigenvalue weighted by molar-refractivity contribution is -0.0811. The summed E-state index contributed by atoms with van der Waals surface area (Å²) >= 11 is 0. The second-order valence-electron chi connectivity index (χ2n) is 11.1. The minimum atomic E-state index is -3.36. The van der Waals surface area contributed by atoms with Crippen molar-refractivity contribution < 1.29 is 13.2 Å². The molecule has 1 N–H and O–H groups in total. The smallest absolute Gasteiger partial charge is 0.200 e. The van der Waals surface area contributed by atoms with Crippen LogP contribution in [0.15, 0.2) is 17.2 Å². The quantitative estimate of drug-likeness (QED) is 0.715. The van der Waals surface area contributed by atoms with Crippen molar-refractivity contribution in [2.45, 2.75) is 99.6 Å². The van der Waals surface area contributed by atoms with Gasteiger partial charge in [0.2, 0.25) is 0 Å². The van der Waals surface area contributed by atoms with Gasteiger partial charge in [-0.05, 0) is 76.3 Å². The fourth-order valence-electron chi connectivity index (χ4n) is 6.57. The number of fused-ring (bicyclic) bond motifs is 1. The Bertz CT molecular complexity index is 884. The van der Waals surface area contributed by atoms with Gasteiger partial charge >= 0.3 is 0 Å². The van der Waals surface area contributed by atoms with E-state index < -0.39 is 9.84 Å². The first-order chi connectivity index (χ1) is 15.3. The second-order valence-corrected chi connectivity index (χ2v) is 13.3. The van der Waals surface area contributed by atoms with E-state index in [4.69, 9.17) is 4.74 Å².